The van der Waals surface area contributed by atoms with Crippen molar-refractivity contribution in [2.24, 2.45) is 0 Å². The van der Waals surface area contributed by atoms with Crippen LogP contribution in [-0.4, -0.2) is 14.4 Å². The van der Waals surface area contributed by atoms with Crippen LogP contribution in [0.4, 0.5) is 5.69 Å². The minimum Gasteiger partial charge on any atom is -0.378 e. The Hall–Kier alpha value is -2.58. The quantitative estimate of drug-likeness (QED) is 0.803. The first kappa shape index (κ1) is 12.5. The molecule has 0 radical (unpaired) electrons. The van der Waals surface area contributed by atoms with Crippen LogP contribution in [0.25, 0.3) is 5.65 Å². The lowest BCUT2D eigenvalue weighted by molar-refractivity contribution is 1.07. The largest absolute Gasteiger partial charge is 0.378 e. The third-order valence-electron chi connectivity index (χ3n) is 2.82. The van der Waals surface area contributed by atoms with E-state index in [1.165, 1.54) is 0 Å². The van der Waals surface area contributed by atoms with E-state index in [9.17, 15) is 0 Å². The molecular formula is C14H10ClN5. The summed E-state index contributed by atoms with van der Waals surface area (Å²) in [5.41, 5.74) is 3.00. The standard InChI is InChI=1S/C14H10ClN5/c15-10-1-4-14-19-13(9-20(14)8-10)7-18-12-3-2-11(5-16)17-6-12/h1-4,6,8-9,18H,7H2. The molecule has 98 valence electrons. The fraction of sp³-hybridized carbons (Fsp3) is 0.0714. The van der Waals surface area contributed by atoms with Crippen molar-refractivity contribution >= 4 is 22.9 Å². The summed E-state index contributed by atoms with van der Waals surface area (Å²) in [5, 5.41) is 12.6. The Morgan fingerprint density at radius 1 is 1.25 bits per heavy atom. The number of halogens is 1. The summed E-state index contributed by atoms with van der Waals surface area (Å²) < 4.78 is 1.89. The summed E-state index contributed by atoms with van der Waals surface area (Å²) in [6.07, 6.45) is 5.37. The molecule has 0 aliphatic heterocycles. The maximum absolute atomic E-state index is 8.68. The zero-order valence-corrected chi connectivity index (χ0v) is 11.2. The number of nitriles is 1. The predicted molar refractivity (Wildman–Crippen MR) is 76.5 cm³/mol. The maximum atomic E-state index is 8.68. The van der Waals surface area contributed by atoms with Gasteiger partial charge in [-0.05, 0) is 24.3 Å². The second-order valence-electron chi connectivity index (χ2n) is 4.24. The molecule has 0 aromatic carbocycles. The monoisotopic (exact) mass is 283 g/mol. The summed E-state index contributed by atoms with van der Waals surface area (Å²) in [6, 6.07) is 9.16. The Balaban J connectivity index is 1.74. The Morgan fingerprint density at radius 2 is 2.15 bits per heavy atom. The summed E-state index contributed by atoms with van der Waals surface area (Å²) in [4.78, 5) is 8.47. The molecule has 3 heterocycles. The highest BCUT2D eigenvalue weighted by Crippen LogP contribution is 2.13. The Labute approximate surface area is 120 Å². The number of hydrogen-bond acceptors (Lipinski definition) is 4. The van der Waals surface area contributed by atoms with Gasteiger partial charge in [-0.25, -0.2) is 9.97 Å². The van der Waals surface area contributed by atoms with E-state index in [1.54, 1.807) is 12.3 Å². The van der Waals surface area contributed by atoms with Crippen LogP contribution in [0.5, 0.6) is 0 Å². The lowest BCUT2D eigenvalue weighted by atomic mass is 10.3. The van der Waals surface area contributed by atoms with Crippen LogP contribution < -0.4 is 5.32 Å². The van der Waals surface area contributed by atoms with Crippen molar-refractivity contribution in [3.63, 3.8) is 0 Å². The molecule has 0 spiro atoms. The van der Waals surface area contributed by atoms with E-state index in [0.29, 0.717) is 17.3 Å². The van der Waals surface area contributed by atoms with Gasteiger partial charge >= 0.3 is 0 Å². The number of hydrogen-bond donors (Lipinski definition) is 1. The van der Waals surface area contributed by atoms with Crippen molar-refractivity contribution in [2.75, 3.05) is 5.32 Å². The van der Waals surface area contributed by atoms with Crippen LogP contribution in [0.1, 0.15) is 11.4 Å². The topological polar surface area (TPSA) is 66.0 Å². The summed E-state index contributed by atoms with van der Waals surface area (Å²) in [6.45, 7) is 0.576. The van der Waals surface area contributed by atoms with Gasteiger partial charge < -0.3 is 9.72 Å². The third-order valence-corrected chi connectivity index (χ3v) is 3.04. The molecule has 0 fully saturated rings. The lowest BCUT2D eigenvalue weighted by Crippen LogP contribution is -2.00. The van der Waals surface area contributed by atoms with Gasteiger partial charge in [0.25, 0.3) is 0 Å². The number of nitrogens with one attached hydrogen (secondary N) is 1. The highest BCUT2D eigenvalue weighted by Gasteiger charge is 2.02. The Morgan fingerprint density at radius 3 is 2.90 bits per heavy atom. The van der Waals surface area contributed by atoms with Crippen molar-refractivity contribution in [3.8, 4) is 6.07 Å². The van der Waals surface area contributed by atoms with E-state index in [-0.39, 0.29) is 0 Å². The molecule has 6 heteroatoms. The number of rotatable bonds is 3. The fourth-order valence-electron chi connectivity index (χ4n) is 1.86. The molecule has 5 nitrogen and oxygen atoms in total. The molecule has 1 N–H and O–H groups in total. The van der Waals surface area contributed by atoms with Crippen molar-refractivity contribution in [1.82, 2.24) is 14.4 Å². The van der Waals surface area contributed by atoms with Crippen LogP contribution in [0.3, 0.4) is 0 Å². The second-order valence-corrected chi connectivity index (χ2v) is 4.68. The van der Waals surface area contributed by atoms with Crippen LogP contribution in [0.2, 0.25) is 5.02 Å². The van der Waals surface area contributed by atoms with Crippen molar-refractivity contribution < 1.29 is 0 Å². The zero-order chi connectivity index (χ0) is 13.9. The molecular weight excluding hydrogens is 274 g/mol. The molecule has 0 bridgehead atoms. The predicted octanol–water partition coefficient (Wildman–Crippen LogP) is 2.87. The Bertz CT molecular complexity index is 785. The number of fused-ring (bicyclic) bond motifs is 1. The molecule has 3 aromatic heterocycles. The van der Waals surface area contributed by atoms with Gasteiger partial charge in [0.15, 0.2) is 0 Å². The molecule has 0 amide bonds. The van der Waals surface area contributed by atoms with Gasteiger partial charge in [-0.2, -0.15) is 5.26 Å². The van der Waals surface area contributed by atoms with E-state index in [4.69, 9.17) is 16.9 Å². The summed E-state index contributed by atoms with van der Waals surface area (Å²) >= 11 is 5.93. The smallest absolute Gasteiger partial charge is 0.140 e. The van der Waals surface area contributed by atoms with E-state index in [0.717, 1.165) is 17.0 Å². The van der Waals surface area contributed by atoms with Crippen LogP contribution in [0, 0.1) is 11.3 Å². The first-order chi connectivity index (χ1) is 9.74. The highest BCUT2D eigenvalue weighted by molar-refractivity contribution is 6.30. The summed E-state index contributed by atoms with van der Waals surface area (Å²) in [5.74, 6) is 0. The molecule has 0 unspecified atom stereocenters. The molecule has 0 aliphatic carbocycles. The molecule has 0 saturated heterocycles. The first-order valence-electron chi connectivity index (χ1n) is 5.98. The van der Waals surface area contributed by atoms with Gasteiger partial charge in [-0.3, -0.25) is 0 Å². The number of nitrogens with zero attached hydrogens (tertiary/aromatic N) is 4. The SMILES string of the molecule is N#Cc1ccc(NCc2cn3cc(Cl)ccc3n2)cn1. The average Bonchev–Trinajstić information content (AvgIpc) is 2.87. The van der Waals surface area contributed by atoms with E-state index in [1.807, 2.05) is 41.1 Å². The van der Waals surface area contributed by atoms with Crippen molar-refractivity contribution in [2.45, 2.75) is 6.54 Å². The molecule has 0 aliphatic rings. The van der Waals surface area contributed by atoms with Gasteiger partial charge in [0.05, 0.1) is 29.1 Å². The second kappa shape index (κ2) is 5.19. The number of imidazole rings is 1. The Kier molecular flexibility index (Phi) is 3.23. The zero-order valence-electron chi connectivity index (χ0n) is 10.4. The lowest BCUT2D eigenvalue weighted by Gasteiger charge is -2.02. The number of pyridine rings is 2. The van der Waals surface area contributed by atoms with Crippen LogP contribution in [0.15, 0.2) is 42.9 Å². The van der Waals surface area contributed by atoms with Gasteiger partial charge in [0.2, 0.25) is 0 Å². The van der Waals surface area contributed by atoms with Gasteiger partial charge in [0.1, 0.15) is 17.4 Å². The average molecular weight is 284 g/mol. The van der Waals surface area contributed by atoms with E-state index in [2.05, 4.69) is 15.3 Å². The number of aromatic nitrogens is 3. The van der Waals surface area contributed by atoms with Crippen molar-refractivity contribution in [1.29, 1.82) is 5.26 Å². The van der Waals surface area contributed by atoms with Crippen LogP contribution in [-0.2, 0) is 6.54 Å². The minimum atomic E-state index is 0.401. The number of anilines is 1. The van der Waals surface area contributed by atoms with Gasteiger partial charge in [0, 0.05) is 12.4 Å². The molecule has 3 aromatic rings. The van der Waals surface area contributed by atoms with Gasteiger partial charge in [-0.15, -0.1) is 0 Å². The first-order valence-corrected chi connectivity index (χ1v) is 6.35. The van der Waals surface area contributed by atoms with Crippen LogP contribution >= 0.6 is 11.6 Å². The molecule has 0 atom stereocenters. The third kappa shape index (κ3) is 2.56. The van der Waals surface area contributed by atoms with Gasteiger partial charge in [-0.1, -0.05) is 11.6 Å². The highest BCUT2D eigenvalue weighted by atomic mass is 35.5. The fourth-order valence-corrected chi connectivity index (χ4v) is 2.03. The van der Waals surface area contributed by atoms with Crippen molar-refractivity contribution in [3.05, 3.63) is 59.3 Å². The normalized spacial score (nSPS) is 10.4. The molecule has 3 rings (SSSR count). The van der Waals surface area contributed by atoms with E-state index < -0.39 is 0 Å². The maximum Gasteiger partial charge on any atom is 0.140 e. The molecule has 20 heavy (non-hydrogen) atoms. The van der Waals surface area contributed by atoms with E-state index >= 15 is 0 Å². The summed E-state index contributed by atoms with van der Waals surface area (Å²) in [7, 11) is 0. The minimum absolute atomic E-state index is 0.401. The molecule has 0 saturated carbocycles.